The van der Waals surface area contributed by atoms with Gasteiger partial charge in [-0.15, -0.1) is 0 Å². The number of aromatic amines is 2. The van der Waals surface area contributed by atoms with Gasteiger partial charge in [0.1, 0.15) is 11.2 Å². The molecule has 7 nitrogen and oxygen atoms in total. The van der Waals surface area contributed by atoms with Crippen LogP contribution in [0.15, 0.2) is 11.1 Å². The van der Waals surface area contributed by atoms with Crippen molar-refractivity contribution < 1.29 is 4.79 Å². The van der Waals surface area contributed by atoms with Crippen LogP contribution in [0.4, 0.5) is 5.95 Å². The predicted molar refractivity (Wildman–Crippen MR) is 54.0 cm³/mol. The number of aromatic nitrogens is 4. The molecule has 3 N–H and O–H groups in total. The molecule has 2 aromatic heterocycles. The van der Waals surface area contributed by atoms with Crippen molar-refractivity contribution in [2.45, 2.75) is 6.92 Å². The van der Waals surface area contributed by atoms with Crippen LogP contribution in [0.25, 0.3) is 0 Å². The second-order valence-corrected chi connectivity index (χ2v) is 3.74. The molecule has 0 fully saturated rings. The summed E-state index contributed by atoms with van der Waals surface area (Å²) in [5.74, 6) is -0.132. The van der Waals surface area contributed by atoms with E-state index in [1.807, 2.05) is 0 Å². The van der Waals surface area contributed by atoms with Crippen molar-refractivity contribution in [1.29, 1.82) is 0 Å². The van der Waals surface area contributed by atoms with Crippen molar-refractivity contribution in [2.24, 2.45) is 0 Å². The number of rotatable bonds is 2. The van der Waals surface area contributed by atoms with Crippen molar-refractivity contribution in [3.05, 3.63) is 26.6 Å². The summed E-state index contributed by atoms with van der Waals surface area (Å²) in [4.78, 5) is 28.9. The van der Waals surface area contributed by atoms with Crippen molar-refractivity contribution in [2.75, 3.05) is 5.32 Å². The minimum absolute atomic E-state index is 0.250. The van der Waals surface area contributed by atoms with Gasteiger partial charge in [0.2, 0.25) is 5.95 Å². The molecule has 0 aromatic carbocycles. The summed E-state index contributed by atoms with van der Waals surface area (Å²) in [6, 6.07) is 0. The van der Waals surface area contributed by atoms with E-state index >= 15 is 0 Å². The Labute approximate surface area is 87.6 Å². The fourth-order valence-corrected chi connectivity index (χ4v) is 1.79. The summed E-state index contributed by atoms with van der Waals surface area (Å²) in [6.45, 7) is 1.66. The van der Waals surface area contributed by atoms with E-state index in [1.165, 1.54) is 6.33 Å². The number of amides is 1. The molecule has 78 valence electrons. The summed E-state index contributed by atoms with van der Waals surface area (Å²) in [6.07, 6.45) is 1.28. The molecular formula is C7H7N5O2S. The van der Waals surface area contributed by atoms with Gasteiger partial charge in [-0.1, -0.05) is 11.3 Å². The molecule has 8 heteroatoms. The van der Waals surface area contributed by atoms with Crippen molar-refractivity contribution >= 4 is 23.2 Å². The lowest BCUT2D eigenvalue weighted by atomic mass is 10.4. The predicted octanol–water partition coefficient (Wildman–Crippen LogP) is 0.115. The number of H-pyrrole nitrogens is 2. The zero-order valence-corrected chi connectivity index (χ0v) is 8.51. The molecule has 0 aliphatic heterocycles. The van der Waals surface area contributed by atoms with Crippen LogP contribution in [-0.2, 0) is 0 Å². The Kier molecular flexibility index (Phi) is 2.34. The zero-order valence-electron chi connectivity index (χ0n) is 7.70. The normalized spacial score (nSPS) is 10.2. The molecule has 0 spiro atoms. The standard InChI is InChI=1S/C7H7N5O2S/c1-3-4(15-7(14)10-3)5(13)11-6-8-2-9-12-6/h2H,1H3,(H,10,14)(H2,8,9,11,12,13). The molecule has 0 saturated carbocycles. The van der Waals surface area contributed by atoms with Gasteiger partial charge in [-0.25, -0.2) is 5.10 Å². The second kappa shape index (κ2) is 3.65. The van der Waals surface area contributed by atoms with Crippen LogP contribution < -0.4 is 10.2 Å². The average Bonchev–Trinajstić information content (AvgIpc) is 2.75. The average molecular weight is 225 g/mol. The van der Waals surface area contributed by atoms with Crippen LogP contribution in [0.1, 0.15) is 15.4 Å². The molecule has 0 aliphatic carbocycles. The molecule has 2 aromatic rings. The van der Waals surface area contributed by atoms with Gasteiger partial charge < -0.3 is 4.98 Å². The van der Waals surface area contributed by atoms with Crippen LogP contribution in [0.3, 0.4) is 0 Å². The van der Waals surface area contributed by atoms with E-state index in [1.54, 1.807) is 6.92 Å². The van der Waals surface area contributed by atoms with E-state index in [0.29, 0.717) is 10.6 Å². The van der Waals surface area contributed by atoms with Crippen LogP contribution in [0, 0.1) is 6.92 Å². The molecule has 2 rings (SSSR count). The molecule has 0 atom stereocenters. The van der Waals surface area contributed by atoms with Crippen LogP contribution in [0.5, 0.6) is 0 Å². The summed E-state index contributed by atoms with van der Waals surface area (Å²) in [5.41, 5.74) is 0.544. The van der Waals surface area contributed by atoms with Crippen molar-refractivity contribution in [1.82, 2.24) is 20.2 Å². The Balaban J connectivity index is 2.22. The third kappa shape index (κ3) is 1.94. The van der Waals surface area contributed by atoms with Gasteiger partial charge in [-0.05, 0) is 6.92 Å². The minimum Gasteiger partial charge on any atom is -0.316 e. The molecule has 0 unspecified atom stereocenters. The van der Waals surface area contributed by atoms with E-state index in [0.717, 1.165) is 11.3 Å². The zero-order chi connectivity index (χ0) is 10.8. The highest BCUT2D eigenvalue weighted by Crippen LogP contribution is 2.09. The molecular weight excluding hydrogens is 218 g/mol. The van der Waals surface area contributed by atoms with E-state index in [2.05, 4.69) is 25.5 Å². The molecule has 0 saturated heterocycles. The molecule has 0 radical (unpaired) electrons. The fraction of sp³-hybridized carbons (Fsp3) is 0.143. The number of thiazole rings is 1. The number of carbonyl (C=O) groups is 1. The summed E-state index contributed by atoms with van der Waals surface area (Å²) >= 11 is 0.859. The fourth-order valence-electron chi connectivity index (χ4n) is 1.05. The Morgan fingerprint density at radius 2 is 2.40 bits per heavy atom. The van der Waals surface area contributed by atoms with Crippen molar-refractivity contribution in [3.8, 4) is 0 Å². The number of carbonyl (C=O) groups excluding carboxylic acids is 1. The largest absolute Gasteiger partial charge is 0.316 e. The summed E-state index contributed by atoms with van der Waals surface area (Å²) in [7, 11) is 0. The van der Waals surface area contributed by atoms with Gasteiger partial charge in [0, 0.05) is 5.69 Å². The maximum absolute atomic E-state index is 11.6. The number of aryl methyl sites for hydroxylation is 1. The highest BCUT2D eigenvalue weighted by atomic mass is 32.1. The quantitative estimate of drug-likeness (QED) is 0.675. The third-order valence-corrected chi connectivity index (χ3v) is 2.66. The lowest BCUT2D eigenvalue weighted by molar-refractivity contribution is 0.102. The highest BCUT2D eigenvalue weighted by molar-refractivity contribution is 7.11. The maximum atomic E-state index is 11.6. The van der Waals surface area contributed by atoms with Crippen LogP contribution >= 0.6 is 11.3 Å². The SMILES string of the molecule is Cc1[nH]c(=O)sc1C(=O)Nc1ncn[nH]1. The first-order valence-electron chi connectivity index (χ1n) is 4.03. The number of hydrogen-bond donors (Lipinski definition) is 3. The summed E-state index contributed by atoms with van der Waals surface area (Å²) in [5, 5.41) is 8.54. The molecule has 15 heavy (non-hydrogen) atoms. The van der Waals surface area contributed by atoms with Crippen LogP contribution in [-0.4, -0.2) is 26.1 Å². The Morgan fingerprint density at radius 1 is 1.60 bits per heavy atom. The molecule has 0 bridgehead atoms. The molecule has 2 heterocycles. The topological polar surface area (TPSA) is 104 Å². The number of anilines is 1. The van der Waals surface area contributed by atoms with Gasteiger partial charge in [0.15, 0.2) is 0 Å². The van der Waals surface area contributed by atoms with E-state index in [9.17, 15) is 9.59 Å². The lowest BCUT2D eigenvalue weighted by Gasteiger charge is -1.98. The Morgan fingerprint density at radius 3 is 2.93 bits per heavy atom. The van der Waals surface area contributed by atoms with Gasteiger partial charge in [0.05, 0.1) is 0 Å². The molecule has 0 aliphatic rings. The first kappa shape index (κ1) is 9.59. The second-order valence-electron chi connectivity index (χ2n) is 2.76. The Hall–Kier alpha value is -1.96. The number of nitrogens with one attached hydrogen (secondary N) is 3. The van der Waals surface area contributed by atoms with E-state index in [-0.39, 0.29) is 16.7 Å². The monoisotopic (exact) mass is 225 g/mol. The summed E-state index contributed by atoms with van der Waals surface area (Å²) < 4.78 is 0. The third-order valence-electron chi connectivity index (χ3n) is 1.68. The van der Waals surface area contributed by atoms with Gasteiger partial charge in [-0.2, -0.15) is 10.1 Å². The van der Waals surface area contributed by atoms with E-state index < -0.39 is 0 Å². The maximum Gasteiger partial charge on any atom is 0.305 e. The number of nitrogens with zero attached hydrogens (tertiary/aromatic N) is 2. The minimum atomic E-state index is -0.382. The van der Waals surface area contributed by atoms with E-state index in [4.69, 9.17) is 0 Å². The Bertz CT molecular complexity index is 526. The van der Waals surface area contributed by atoms with Gasteiger partial charge in [0.25, 0.3) is 5.91 Å². The van der Waals surface area contributed by atoms with Gasteiger partial charge in [-0.3, -0.25) is 14.9 Å². The smallest absolute Gasteiger partial charge is 0.305 e. The van der Waals surface area contributed by atoms with Crippen molar-refractivity contribution in [3.63, 3.8) is 0 Å². The first-order valence-corrected chi connectivity index (χ1v) is 4.85. The van der Waals surface area contributed by atoms with Crippen LogP contribution in [0.2, 0.25) is 0 Å². The molecule has 1 amide bonds. The number of hydrogen-bond acceptors (Lipinski definition) is 5. The first-order chi connectivity index (χ1) is 7.16. The lowest BCUT2D eigenvalue weighted by Crippen LogP contribution is -2.12. The van der Waals surface area contributed by atoms with Gasteiger partial charge >= 0.3 is 4.87 Å². The highest BCUT2D eigenvalue weighted by Gasteiger charge is 2.13.